The van der Waals surface area contributed by atoms with Gasteiger partial charge in [-0.2, -0.15) is 13.2 Å². The number of anilines is 1. The predicted octanol–water partition coefficient (Wildman–Crippen LogP) is 6.00. The lowest BCUT2D eigenvalue weighted by atomic mass is 10.1. The maximum Gasteiger partial charge on any atom is 0.416 e. The fourth-order valence-corrected chi connectivity index (χ4v) is 5.63. The minimum absolute atomic E-state index is 0.0891. The minimum atomic E-state index is -4.40. The minimum Gasteiger partial charge on any atom is -0.387 e. The van der Waals surface area contributed by atoms with Crippen molar-refractivity contribution in [3.63, 3.8) is 0 Å². The summed E-state index contributed by atoms with van der Waals surface area (Å²) in [4.78, 5) is 8.64. The normalized spacial score (nSPS) is 14.2. The van der Waals surface area contributed by atoms with E-state index in [1.54, 1.807) is 42.7 Å². The van der Waals surface area contributed by atoms with Crippen LogP contribution in [0.4, 0.5) is 18.9 Å². The standard InChI is InChI=1S/C32H29F3N4O3S/c33-32(34,35)26-9-5-23(6-10-26)29-15-16-30(38-29)24-7-13-28(14-8-24)43(41,42)39-27-11-3-22(4-12-27)17-19-37-21-31(40)25-2-1-18-36-20-25/h1-15,18,20,31,37,39-40H,16-17,19,21H2/t31-/m0/s1. The molecule has 7 nitrogen and oxygen atoms in total. The van der Waals surface area contributed by atoms with E-state index in [9.17, 15) is 26.7 Å². The van der Waals surface area contributed by atoms with Crippen LogP contribution in [0.25, 0.3) is 5.70 Å². The summed E-state index contributed by atoms with van der Waals surface area (Å²) in [5, 5.41) is 13.4. The number of nitrogens with zero attached hydrogens (tertiary/aromatic N) is 2. The SMILES string of the molecule is O=S(=O)(Nc1ccc(CCNC[C@H](O)c2cccnc2)cc1)c1ccc(C2=NC(c3ccc(C(F)(F)F)cc3)=CC2)cc1. The molecular weight excluding hydrogens is 577 g/mol. The summed E-state index contributed by atoms with van der Waals surface area (Å²) < 4.78 is 67.1. The van der Waals surface area contributed by atoms with E-state index >= 15 is 0 Å². The molecule has 0 bridgehead atoms. The number of rotatable bonds is 11. The van der Waals surface area contributed by atoms with Gasteiger partial charge in [-0.3, -0.25) is 14.7 Å². The lowest BCUT2D eigenvalue weighted by Gasteiger charge is -2.12. The number of hydrogen-bond acceptors (Lipinski definition) is 6. The van der Waals surface area contributed by atoms with Gasteiger partial charge in [-0.05, 0) is 72.1 Å². The number of sulfonamides is 1. The van der Waals surface area contributed by atoms with Crippen molar-refractivity contribution >= 4 is 27.1 Å². The molecule has 0 spiro atoms. The summed E-state index contributed by atoms with van der Waals surface area (Å²) in [6, 6.07) is 21.9. The van der Waals surface area contributed by atoms with E-state index in [1.165, 1.54) is 24.3 Å². The highest BCUT2D eigenvalue weighted by atomic mass is 32.2. The summed E-state index contributed by atoms with van der Waals surface area (Å²) >= 11 is 0. The molecule has 0 aliphatic carbocycles. The second-order valence-corrected chi connectivity index (χ2v) is 11.7. The van der Waals surface area contributed by atoms with Gasteiger partial charge in [0, 0.05) is 36.6 Å². The third kappa shape index (κ3) is 7.75. The Morgan fingerprint density at radius 2 is 1.60 bits per heavy atom. The molecule has 1 aliphatic heterocycles. The molecule has 4 aromatic rings. The first kappa shape index (κ1) is 30.1. The van der Waals surface area contributed by atoms with Crippen molar-refractivity contribution in [2.45, 2.75) is 30.0 Å². The highest BCUT2D eigenvalue weighted by Crippen LogP contribution is 2.32. The van der Waals surface area contributed by atoms with Crippen LogP contribution in [0, 0.1) is 0 Å². The molecule has 1 aromatic heterocycles. The monoisotopic (exact) mass is 606 g/mol. The fraction of sp³-hybridized carbons (Fsp3) is 0.188. The van der Waals surface area contributed by atoms with Gasteiger partial charge in [-0.15, -0.1) is 0 Å². The number of pyridine rings is 1. The van der Waals surface area contributed by atoms with Gasteiger partial charge >= 0.3 is 6.18 Å². The molecule has 3 N–H and O–H groups in total. The second kappa shape index (κ2) is 12.9. The first-order chi connectivity index (χ1) is 20.6. The molecule has 0 unspecified atom stereocenters. The van der Waals surface area contributed by atoms with Gasteiger partial charge in [0.25, 0.3) is 10.0 Å². The van der Waals surface area contributed by atoms with Crippen LogP contribution in [0.2, 0.25) is 0 Å². The molecule has 0 saturated heterocycles. The highest BCUT2D eigenvalue weighted by Gasteiger charge is 2.30. The summed E-state index contributed by atoms with van der Waals surface area (Å²) in [5.41, 5.74) is 4.04. The number of alkyl halides is 3. The molecule has 1 atom stereocenters. The molecule has 5 rings (SSSR count). The number of allylic oxidation sites excluding steroid dienone is 1. The Balaban J connectivity index is 1.13. The zero-order chi connectivity index (χ0) is 30.5. The van der Waals surface area contributed by atoms with Crippen LogP contribution in [0.3, 0.4) is 0 Å². The number of aliphatic imine (C=N–C) groups is 1. The van der Waals surface area contributed by atoms with E-state index < -0.39 is 27.9 Å². The summed E-state index contributed by atoms with van der Waals surface area (Å²) in [5.74, 6) is 0. The van der Waals surface area contributed by atoms with Crippen molar-refractivity contribution in [3.05, 3.63) is 131 Å². The quantitative estimate of drug-likeness (QED) is 0.182. The smallest absolute Gasteiger partial charge is 0.387 e. The van der Waals surface area contributed by atoms with Crippen molar-refractivity contribution < 1.29 is 26.7 Å². The molecule has 0 saturated carbocycles. The zero-order valence-corrected chi connectivity index (χ0v) is 23.7. The van der Waals surface area contributed by atoms with E-state index in [0.717, 1.165) is 28.8 Å². The van der Waals surface area contributed by atoms with E-state index in [1.807, 2.05) is 24.3 Å². The van der Waals surface area contributed by atoms with Gasteiger partial charge in [0.15, 0.2) is 0 Å². The fourth-order valence-electron chi connectivity index (χ4n) is 4.57. The first-order valence-corrected chi connectivity index (χ1v) is 15.0. The molecule has 0 fully saturated rings. The van der Waals surface area contributed by atoms with Crippen LogP contribution in [-0.2, 0) is 22.6 Å². The zero-order valence-electron chi connectivity index (χ0n) is 22.9. The van der Waals surface area contributed by atoms with Crippen molar-refractivity contribution in [2.75, 3.05) is 17.8 Å². The summed E-state index contributed by atoms with van der Waals surface area (Å²) in [6.07, 6.45) is 1.25. The number of aromatic nitrogens is 1. The Morgan fingerprint density at radius 1 is 0.907 bits per heavy atom. The Morgan fingerprint density at radius 3 is 2.26 bits per heavy atom. The number of benzene rings is 3. The van der Waals surface area contributed by atoms with Crippen molar-refractivity contribution in [1.29, 1.82) is 0 Å². The lowest BCUT2D eigenvalue weighted by molar-refractivity contribution is -0.137. The third-order valence-corrected chi connectivity index (χ3v) is 8.35. The maximum atomic E-state index is 13.0. The molecule has 3 aromatic carbocycles. The molecule has 0 radical (unpaired) electrons. The Hall–Kier alpha value is -4.32. The van der Waals surface area contributed by atoms with E-state index in [-0.39, 0.29) is 4.90 Å². The van der Waals surface area contributed by atoms with Gasteiger partial charge in [0.05, 0.1) is 28.0 Å². The maximum absolute atomic E-state index is 13.0. The Labute approximate surface area is 247 Å². The number of hydrogen-bond donors (Lipinski definition) is 3. The number of aliphatic hydroxyl groups is 1. The van der Waals surface area contributed by atoms with Crippen LogP contribution in [0.1, 0.15) is 40.3 Å². The molecule has 1 aliphatic rings. The van der Waals surface area contributed by atoms with Crippen LogP contribution >= 0.6 is 0 Å². The topological polar surface area (TPSA) is 104 Å². The largest absolute Gasteiger partial charge is 0.416 e. The highest BCUT2D eigenvalue weighted by molar-refractivity contribution is 7.92. The van der Waals surface area contributed by atoms with E-state index in [0.29, 0.717) is 48.6 Å². The number of halogens is 3. The van der Waals surface area contributed by atoms with Crippen LogP contribution in [0.5, 0.6) is 0 Å². The third-order valence-electron chi connectivity index (χ3n) is 6.95. The first-order valence-electron chi connectivity index (χ1n) is 13.5. The van der Waals surface area contributed by atoms with Gasteiger partial charge in [0.2, 0.25) is 0 Å². The van der Waals surface area contributed by atoms with Gasteiger partial charge in [0.1, 0.15) is 0 Å². The predicted molar refractivity (Wildman–Crippen MR) is 160 cm³/mol. The van der Waals surface area contributed by atoms with Crippen molar-refractivity contribution in [1.82, 2.24) is 10.3 Å². The summed E-state index contributed by atoms with van der Waals surface area (Å²) in [7, 11) is -3.83. The molecule has 2 heterocycles. The van der Waals surface area contributed by atoms with Crippen molar-refractivity contribution in [2.24, 2.45) is 4.99 Å². The van der Waals surface area contributed by atoms with Gasteiger partial charge < -0.3 is 10.4 Å². The number of nitrogens with one attached hydrogen (secondary N) is 2. The Bertz CT molecular complexity index is 1710. The Kier molecular flexibility index (Phi) is 9.05. The van der Waals surface area contributed by atoms with Gasteiger partial charge in [-0.25, -0.2) is 8.42 Å². The molecule has 222 valence electrons. The lowest BCUT2D eigenvalue weighted by Crippen LogP contribution is -2.23. The molecule has 0 amide bonds. The molecule has 43 heavy (non-hydrogen) atoms. The van der Waals surface area contributed by atoms with Crippen molar-refractivity contribution in [3.8, 4) is 0 Å². The van der Waals surface area contributed by atoms with Crippen LogP contribution < -0.4 is 10.0 Å². The molecule has 11 heteroatoms. The average molecular weight is 607 g/mol. The summed E-state index contributed by atoms with van der Waals surface area (Å²) in [6.45, 7) is 1.04. The van der Waals surface area contributed by atoms with Crippen LogP contribution in [-0.4, -0.2) is 37.3 Å². The van der Waals surface area contributed by atoms with E-state index in [2.05, 4.69) is 20.0 Å². The van der Waals surface area contributed by atoms with Crippen LogP contribution in [0.15, 0.2) is 113 Å². The average Bonchev–Trinajstić information content (AvgIpc) is 3.51. The number of aliphatic hydroxyl groups excluding tert-OH is 1. The second-order valence-electron chi connectivity index (χ2n) is 10.0. The van der Waals surface area contributed by atoms with Gasteiger partial charge in [-0.1, -0.05) is 48.5 Å². The molecular formula is C32H29F3N4O3S. The van der Waals surface area contributed by atoms with E-state index in [4.69, 9.17) is 0 Å².